The van der Waals surface area contributed by atoms with Crippen molar-refractivity contribution >= 4 is 21.4 Å². The fraction of sp³-hybridized carbons (Fsp3) is 0.366. The summed E-state index contributed by atoms with van der Waals surface area (Å²) >= 11 is 0. The van der Waals surface area contributed by atoms with Gasteiger partial charge in [0, 0.05) is 45.4 Å². The predicted octanol–water partition coefficient (Wildman–Crippen LogP) is 11.6. The van der Waals surface area contributed by atoms with Crippen LogP contribution in [0.25, 0.3) is 5.57 Å². The molecule has 262 valence electrons. The highest BCUT2D eigenvalue weighted by atomic mass is 32.2. The fourth-order valence-corrected chi connectivity index (χ4v) is 5.89. The first-order valence-corrected chi connectivity index (χ1v) is 18.5. The van der Waals surface area contributed by atoms with Gasteiger partial charge in [-0.2, -0.15) is 8.42 Å². The molecule has 2 aliphatic rings. The number of hydrogen-bond acceptors (Lipinski definition) is 5. The second kappa shape index (κ2) is 19.7. The van der Waals surface area contributed by atoms with Crippen LogP contribution in [0.5, 0.6) is 5.75 Å². The van der Waals surface area contributed by atoms with E-state index in [4.69, 9.17) is 4.74 Å². The molecule has 0 fully saturated rings. The minimum atomic E-state index is -4.49. The van der Waals surface area contributed by atoms with Crippen LogP contribution in [-0.2, 0) is 10.1 Å². The number of hydrogen-bond donors (Lipinski definition) is 3. The van der Waals surface area contributed by atoms with Crippen molar-refractivity contribution in [2.45, 2.75) is 108 Å². The Kier molecular flexibility index (Phi) is 17.2. The van der Waals surface area contributed by atoms with E-state index in [1.807, 2.05) is 91.8 Å². The summed E-state index contributed by atoms with van der Waals surface area (Å²) in [5, 5.41) is 7.14. The second-order valence-corrected chi connectivity index (χ2v) is 12.3. The van der Waals surface area contributed by atoms with Gasteiger partial charge in [0.2, 0.25) is 0 Å². The van der Waals surface area contributed by atoms with Crippen LogP contribution < -0.4 is 15.4 Å². The van der Waals surface area contributed by atoms with Crippen LogP contribution >= 0.6 is 0 Å². The van der Waals surface area contributed by atoms with E-state index in [2.05, 4.69) is 64.3 Å². The lowest BCUT2D eigenvalue weighted by molar-refractivity contribution is 0.426. The summed E-state index contributed by atoms with van der Waals surface area (Å²) in [5.74, 6) is 1.20. The molecule has 0 radical (unpaired) electrons. The molecule has 4 rings (SSSR count). The molecule has 0 aromatic heterocycles. The lowest BCUT2D eigenvalue weighted by Gasteiger charge is -2.30. The van der Waals surface area contributed by atoms with Gasteiger partial charge in [-0.15, -0.1) is 0 Å². The van der Waals surface area contributed by atoms with Crippen LogP contribution in [0.3, 0.4) is 0 Å². The minimum Gasteiger partial charge on any atom is -0.456 e. The molecule has 0 saturated carbocycles. The molecule has 48 heavy (non-hydrogen) atoms. The van der Waals surface area contributed by atoms with Crippen LogP contribution in [0, 0.1) is 0 Å². The van der Waals surface area contributed by atoms with E-state index in [1.165, 1.54) is 11.6 Å². The summed E-state index contributed by atoms with van der Waals surface area (Å²) in [5.41, 5.74) is 10.1. The summed E-state index contributed by atoms with van der Waals surface area (Å²) in [6, 6.07) is 12.2. The molecule has 0 saturated heterocycles. The number of allylic oxidation sites excluding steroid dienone is 7. The third kappa shape index (κ3) is 10.2. The Bertz CT molecular complexity index is 1740. The maximum atomic E-state index is 12.5. The van der Waals surface area contributed by atoms with Crippen LogP contribution in [-0.4, -0.2) is 19.0 Å². The Morgan fingerprint density at radius 1 is 0.792 bits per heavy atom. The lowest BCUT2D eigenvalue weighted by atomic mass is 9.87. The molecule has 2 aromatic rings. The van der Waals surface area contributed by atoms with Gasteiger partial charge in [-0.05, 0) is 90.8 Å². The topological polar surface area (TPSA) is 87.7 Å². The molecule has 6 nitrogen and oxygen atoms in total. The molecule has 1 aliphatic carbocycles. The maximum absolute atomic E-state index is 12.5. The Balaban J connectivity index is 0.00000182. The van der Waals surface area contributed by atoms with Crippen molar-refractivity contribution in [1.82, 2.24) is 5.32 Å². The Hall–Kier alpha value is -4.07. The van der Waals surface area contributed by atoms with Crippen molar-refractivity contribution < 1.29 is 17.7 Å². The fourth-order valence-electron chi connectivity index (χ4n) is 5.19. The monoisotopic (exact) mass is 674 g/mol. The molecule has 0 spiro atoms. The molecule has 1 heterocycles. The highest BCUT2D eigenvalue weighted by Gasteiger charge is 2.30. The predicted molar refractivity (Wildman–Crippen MR) is 207 cm³/mol. The largest absolute Gasteiger partial charge is 0.456 e. The number of anilines is 1. The molecule has 1 unspecified atom stereocenters. The zero-order chi connectivity index (χ0) is 36.8. The summed E-state index contributed by atoms with van der Waals surface area (Å²) < 4.78 is 41.6. The van der Waals surface area contributed by atoms with E-state index in [9.17, 15) is 13.0 Å². The van der Waals surface area contributed by atoms with Crippen molar-refractivity contribution in [3.63, 3.8) is 0 Å². The molecule has 7 heteroatoms. The molecular weight excluding hydrogens is 617 g/mol. The molecule has 2 aromatic carbocycles. The molecule has 3 N–H and O–H groups in total. The van der Waals surface area contributed by atoms with Crippen molar-refractivity contribution in [3.05, 3.63) is 129 Å². The van der Waals surface area contributed by atoms with Crippen LogP contribution in [0.15, 0.2) is 123 Å². The highest BCUT2D eigenvalue weighted by Crippen LogP contribution is 2.45. The number of nitrogens with one attached hydrogen (secondary N) is 2. The average Bonchev–Trinajstić information content (AvgIpc) is 3.09. The van der Waals surface area contributed by atoms with Gasteiger partial charge >= 0.3 is 0 Å². The van der Waals surface area contributed by atoms with Crippen molar-refractivity contribution in [3.8, 4) is 5.75 Å². The van der Waals surface area contributed by atoms with Crippen LogP contribution in [0.2, 0.25) is 0 Å². The van der Waals surface area contributed by atoms with Gasteiger partial charge in [-0.1, -0.05) is 95.2 Å². The van der Waals surface area contributed by atoms with Crippen molar-refractivity contribution in [2.75, 3.05) is 5.32 Å². The maximum Gasteiger partial charge on any atom is 0.295 e. The molecule has 1 aliphatic heterocycles. The van der Waals surface area contributed by atoms with Gasteiger partial charge in [-0.25, -0.2) is 0 Å². The number of ether oxygens (including phenoxy) is 1. The minimum absolute atomic E-state index is 0.151. The van der Waals surface area contributed by atoms with Crippen LogP contribution in [0.4, 0.5) is 5.69 Å². The normalized spacial score (nSPS) is 14.9. The number of benzene rings is 2. The second-order valence-electron chi connectivity index (χ2n) is 11.0. The Labute approximate surface area is 291 Å². The first-order chi connectivity index (χ1) is 22.8. The molecular formula is C41H58N2O4S. The smallest absolute Gasteiger partial charge is 0.295 e. The van der Waals surface area contributed by atoms with Crippen molar-refractivity contribution in [1.29, 1.82) is 0 Å². The van der Waals surface area contributed by atoms with Gasteiger partial charge in [0.25, 0.3) is 10.1 Å². The highest BCUT2D eigenvalue weighted by molar-refractivity contribution is 7.86. The summed E-state index contributed by atoms with van der Waals surface area (Å²) in [7, 11) is -4.49. The molecule has 0 bridgehead atoms. The van der Waals surface area contributed by atoms with Crippen LogP contribution in [0.1, 0.15) is 108 Å². The first-order valence-electron chi connectivity index (χ1n) is 17.0. The van der Waals surface area contributed by atoms with E-state index in [0.29, 0.717) is 22.6 Å². The first kappa shape index (κ1) is 42.0. The molecule has 0 amide bonds. The average molecular weight is 675 g/mol. The zero-order valence-electron chi connectivity index (χ0n) is 31.6. The Morgan fingerprint density at radius 2 is 1.35 bits per heavy atom. The van der Waals surface area contributed by atoms with Gasteiger partial charge in [0.05, 0.1) is 6.04 Å². The van der Waals surface area contributed by atoms with Gasteiger partial charge < -0.3 is 15.4 Å². The van der Waals surface area contributed by atoms with Gasteiger partial charge in [0.1, 0.15) is 16.4 Å². The quantitative estimate of drug-likeness (QED) is 0.191. The number of fused-ring (bicyclic) bond motifs is 2. The van der Waals surface area contributed by atoms with E-state index in [0.717, 1.165) is 44.9 Å². The summed E-state index contributed by atoms with van der Waals surface area (Å²) in [4.78, 5) is -0.151. The van der Waals surface area contributed by atoms with E-state index in [-0.39, 0.29) is 10.9 Å². The third-order valence-corrected chi connectivity index (χ3v) is 8.39. The van der Waals surface area contributed by atoms with Gasteiger partial charge in [-0.3, -0.25) is 4.55 Å². The summed E-state index contributed by atoms with van der Waals surface area (Å²) in [6.07, 6.45) is 10.1. The van der Waals surface area contributed by atoms with E-state index >= 15 is 0 Å². The zero-order valence-corrected chi connectivity index (χ0v) is 32.4. The third-order valence-electron chi connectivity index (χ3n) is 7.48. The number of rotatable bonds is 8. The molecule has 1 atom stereocenters. The van der Waals surface area contributed by atoms with E-state index < -0.39 is 10.1 Å². The standard InChI is InChI=1S/C35H40N2O4S.3C2H6/c1-9-23(7)34(21(3)4)36-25-15-17-27-30(19-25)41-31-20-26(37-35(22(5)6)24(8)10-2)16-18-28(31)33(27)29-13-11-12-14-32(29)42(38,39)40;3*1-2/h9-20,25,36-37H,1-8H3,(H,38,39,40);3*1-2H3/b23-9-,24-10-;;;. The van der Waals surface area contributed by atoms with Crippen molar-refractivity contribution in [2.24, 2.45) is 0 Å². The lowest BCUT2D eigenvalue weighted by Crippen LogP contribution is -2.29. The summed E-state index contributed by atoms with van der Waals surface area (Å²) in [6.45, 7) is 28.4. The van der Waals surface area contributed by atoms with Gasteiger partial charge in [0.15, 0.2) is 0 Å². The Morgan fingerprint density at radius 3 is 1.90 bits per heavy atom. The van der Waals surface area contributed by atoms with E-state index in [1.54, 1.807) is 18.2 Å². The SMILES string of the molecule is C/C=C(/C)C(Nc1ccc2c(c1)OC1=CC(NC(=C(C)C)/C(C)=C\C)C=CC1=C2c1ccccc1S(=O)(=O)O)=C(C)C.CC.CC.CC.